The number of aromatic nitrogens is 3. The lowest BCUT2D eigenvalue weighted by Crippen LogP contribution is -2.18. The van der Waals surface area contributed by atoms with Crippen LogP contribution >= 0.6 is 12.2 Å². The molecule has 1 heterocycles. The fourth-order valence-electron chi connectivity index (χ4n) is 2.74. The van der Waals surface area contributed by atoms with Crippen LogP contribution in [0.25, 0.3) is 11.4 Å². The van der Waals surface area contributed by atoms with Gasteiger partial charge in [-0.2, -0.15) is 5.10 Å². The van der Waals surface area contributed by atoms with Crippen LogP contribution in [0.2, 0.25) is 0 Å². The summed E-state index contributed by atoms with van der Waals surface area (Å²) in [5.74, 6) is -0.186. The molecule has 0 fully saturated rings. The quantitative estimate of drug-likeness (QED) is 0.558. The zero-order valence-corrected chi connectivity index (χ0v) is 16.1. The van der Waals surface area contributed by atoms with E-state index in [-0.39, 0.29) is 24.6 Å². The maximum absolute atomic E-state index is 12.3. The van der Waals surface area contributed by atoms with E-state index < -0.39 is 12.1 Å². The summed E-state index contributed by atoms with van der Waals surface area (Å²) in [5, 5.41) is 9.50. The van der Waals surface area contributed by atoms with E-state index in [1.807, 2.05) is 31.2 Å². The van der Waals surface area contributed by atoms with E-state index in [1.165, 1.54) is 12.1 Å². The smallest absolute Gasteiger partial charge is 0.406 e. The van der Waals surface area contributed by atoms with Gasteiger partial charge in [-0.3, -0.25) is 14.5 Å². The number of benzene rings is 2. The summed E-state index contributed by atoms with van der Waals surface area (Å²) in [5.41, 5.74) is 2.11. The molecule has 0 radical (unpaired) electrons. The molecule has 0 atom stereocenters. The number of nitrogens with zero attached hydrogens (tertiary/aromatic N) is 2. The maximum Gasteiger partial charge on any atom is 0.573 e. The van der Waals surface area contributed by atoms with Gasteiger partial charge < -0.3 is 10.1 Å². The molecule has 0 spiro atoms. The Bertz CT molecular complexity index is 1080. The molecule has 0 bridgehead atoms. The molecule has 1 aromatic heterocycles. The van der Waals surface area contributed by atoms with Gasteiger partial charge in [-0.05, 0) is 37.3 Å². The molecule has 29 heavy (non-hydrogen) atoms. The molecule has 0 aliphatic rings. The van der Waals surface area contributed by atoms with Gasteiger partial charge in [0.05, 0.1) is 0 Å². The van der Waals surface area contributed by atoms with E-state index in [4.69, 9.17) is 12.2 Å². The minimum Gasteiger partial charge on any atom is -0.406 e. The fraction of sp³-hybridized carbons (Fsp3) is 0.211. The van der Waals surface area contributed by atoms with Crippen LogP contribution < -0.4 is 10.1 Å². The van der Waals surface area contributed by atoms with Gasteiger partial charge in [-0.15, -0.1) is 13.2 Å². The van der Waals surface area contributed by atoms with Crippen molar-refractivity contribution in [1.82, 2.24) is 14.8 Å². The van der Waals surface area contributed by atoms with Crippen LogP contribution in [0.3, 0.4) is 0 Å². The minimum atomic E-state index is -4.80. The molecule has 6 nitrogen and oxygen atoms in total. The third-order valence-corrected chi connectivity index (χ3v) is 4.26. The molecule has 0 unspecified atom stereocenters. The van der Waals surface area contributed by atoms with Gasteiger partial charge in [-0.1, -0.05) is 29.8 Å². The number of alkyl halides is 3. The maximum atomic E-state index is 12.3. The Hall–Kier alpha value is -3.14. The largest absolute Gasteiger partial charge is 0.573 e. The summed E-state index contributed by atoms with van der Waals surface area (Å²) >= 11 is 5.25. The number of amides is 1. The first-order valence-corrected chi connectivity index (χ1v) is 9.00. The van der Waals surface area contributed by atoms with Gasteiger partial charge in [0, 0.05) is 30.3 Å². The van der Waals surface area contributed by atoms with Crippen molar-refractivity contribution in [3.63, 3.8) is 0 Å². The SMILES string of the molecule is Cc1cccc(-c2n[nH]c(=S)n2CCC(=O)Nc2cccc(OC(F)(F)F)c2)c1. The van der Waals surface area contributed by atoms with Crippen molar-refractivity contribution in [3.8, 4) is 17.1 Å². The van der Waals surface area contributed by atoms with E-state index in [0.29, 0.717) is 10.6 Å². The average Bonchev–Trinajstić information content (AvgIpc) is 2.99. The Morgan fingerprint density at radius 3 is 2.72 bits per heavy atom. The Morgan fingerprint density at radius 1 is 1.24 bits per heavy atom. The highest BCUT2D eigenvalue weighted by molar-refractivity contribution is 7.71. The Morgan fingerprint density at radius 2 is 2.00 bits per heavy atom. The van der Waals surface area contributed by atoms with E-state index in [9.17, 15) is 18.0 Å². The zero-order valence-electron chi connectivity index (χ0n) is 15.3. The number of anilines is 1. The first-order valence-electron chi connectivity index (χ1n) is 8.59. The van der Waals surface area contributed by atoms with Gasteiger partial charge in [0.2, 0.25) is 5.91 Å². The lowest BCUT2D eigenvalue weighted by atomic mass is 10.1. The van der Waals surface area contributed by atoms with Gasteiger partial charge in [0.1, 0.15) is 5.75 Å². The molecule has 3 aromatic rings. The molecular weight excluding hydrogens is 405 g/mol. The molecule has 10 heteroatoms. The highest BCUT2D eigenvalue weighted by Gasteiger charge is 2.31. The number of carbonyl (C=O) groups is 1. The number of ether oxygens (including phenoxy) is 1. The molecule has 2 aromatic carbocycles. The molecule has 0 saturated heterocycles. The summed E-state index contributed by atoms with van der Waals surface area (Å²) in [6, 6.07) is 12.8. The van der Waals surface area contributed by atoms with E-state index in [2.05, 4.69) is 20.3 Å². The third-order valence-electron chi connectivity index (χ3n) is 3.95. The number of rotatable bonds is 6. The van der Waals surface area contributed by atoms with Gasteiger partial charge in [0.15, 0.2) is 10.6 Å². The molecule has 2 N–H and O–H groups in total. The average molecular weight is 422 g/mol. The van der Waals surface area contributed by atoms with Crippen molar-refractivity contribution in [2.45, 2.75) is 26.3 Å². The normalized spacial score (nSPS) is 11.3. The number of hydrogen-bond donors (Lipinski definition) is 2. The lowest BCUT2D eigenvalue weighted by molar-refractivity contribution is -0.274. The molecule has 0 aliphatic heterocycles. The van der Waals surface area contributed by atoms with Crippen LogP contribution in [0, 0.1) is 11.7 Å². The summed E-state index contributed by atoms with van der Waals surface area (Å²) in [6.45, 7) is 2.21. The third kappa shape index (κ3) is 5.67. The second-order valence-electron chi connectivity index (χ2n) is 6.25. The zero-order chi connectivity index (χ0) is 21.0. The molecule has 3 rings (SSSR count). The number of carbonyl (C=O) groups excluding carboxylic acids is 1. The number of aryl methyl sites for hydroxylation is 1. The van der Waals surface area contributed by atoms with Crippen LogP contribution in [0.5, 0.6) is 5.75 Å². The van der Waals surface area contributed by atoms with Crippen molar-refractivity contribution < 1.29 is 22.7 Å². The Kier molecular flexibility index (Phi) is 6.02. The highest BCUT2D eigenvalue weighted by atomic mass is 32.1. The summed E-state index contributed by atoms with van der Waals surface area (Å²) in [6.07, 6.45) is -4.75. The number of hydrogen-bond acceptors (Lipinski definition) is 4. The molecule has 0 aliphatic carbocycles. The summed E-state index contributed by atoms with van der Waals surface area (Å²) in [7, 11) is 0. The first kappa shape index (κ1) is 20.6. The van der Waals surface area contributed by atoms with E-state index in [1.54, 1.807) is 4.57 Å². The second-order valence-corrected chi connectivity index (χ2v) is 6.63. The molecule has 0 saturated carbocycles. The Labute approximate surface area is 169 Å². The van der Waals surface area contributed by atoms with Crippen LogP contribution in [0.1, 0.15) is 12.0 Å². The van der Waals surface area contributed by atoms with E-state index in [0.717, 1.165) is 23.3 Å². The summed E-state index contributed by atoms with van der Waals surface area (Å²) < 4.78 is 42.9. The van der Waals surface area contributed by atoms with Crippen molar-refractivity contribution in [2.24, 2.45) is 0 Å². The number of H-pyrrole nitrogens is 1. The van der Waals surface area contributed by atoms with Gasteiger partial charge in [0.25, 0.3) is 0 Å². The van der Waals surface area contributed by atoms with Crippen LogP contribution in [0.4, 0.5) is 18.9 Å². The van der Waals surface area contributed by atoms with Crippen molar-refractivity contribution >= 4 is 23.8 Å². The van der Waals surface area contributed by atoms with Crippen molar-refractivity contribution in [2.75, 3.05) is 5.32 Å². The monoisotopic (exact) mass is 422 g/mol. The second kappa shape index (κ2) is 8.48. The molecule has 152 valence electrons. The number of halogens is 3. The summed E-state index contributed by atoms with van der Waals surface area (Å²) in [4.78, 5) is 12.3. The predicted molar refractivity (Wildman–Crippen MR) is 104 cm³/mol. The van der Waals surface area contributed by atoms with Gasteiger partial charge >= 0.3 is 6.36 Å². The van der Waals surface area contributed by atoms with Crippen LogP contribution in [-0.4, -0.2) is 27.0 Å². The Balaban J connectivity index is 1.67. The van der Waals surface area contributed by atoms with Crippen LogP contribution in [0.15, 0.2) is 48.5 Å². The minimum absolute atomic E-state index is 0.0526. The number of aromatic amines is 1. The highest BCUT2D eigenvalue weighted by Crippen LogP contribution is 2.25. The predicted octanol–water partition coefficient (Wildman–Crippen LogP) is 4.84. The number of nitrogens with one attached hydrogen (secondary N) is 2. The standard InChI is InChI=1S/C19H17F3N4O2S/c1-12-4-2-5-13(10-12)17-24-25-18(29)26(17)9-8-16(27)23-14-6-3-7-15(11-14)28-19(20,21)22/h2-7,10-11H,8-9H2,1H3,(H,23,27)(H,25,29). The molecular formula is C19H17F3N4O2S. The van der Waals surface area contributed by atoms with Gasteiger partial charge in [-0.25, -0.2) is 0 Å². The molecule has 1 amide bonds. The topological polar surface area (TPSA) is 71.9 Å². The lowest BCUT2D eigenvalue weighted by Gasteiger charge is -2.11. The van der Waals surface area contributed by atoms with E-state index >= 15 is 0 Å². The van der Waals surface area contributed by atoms with Crippen molar-refractivity contribution in [3.05, 3.63) is 58.9 Å². The fourth-order valence-corrected chi connectivity index (χ4v) is 2.96. The van der Waals surface area contributed by atoms with Crippen molar-refractivity contribution in [1.29, 1.82) is 0 Å². The first-order chi connectivity index (χ1) is 13.7. The van der Waals surface area contributed by atoms with Crippen LogP contribution in [-0.2, 0) is 11.3 Å².